The number of hydrogen-bond acceptors (Lipinski definition) is 4. The summed E-state index contributed by atoms with van der Waals surface area (Å²) in [5.41, 5.74) is 2.79. The van der Waals surface area contributed by atoms with Gasteiger partial charge in [0, 0.05) is 12.5 Å². The molecule has 0 spiro atoms. The van der Waals surface area contributed by atoms with Gasteiger partial charge in [0.15, 0.2) is 0 Å². The topological polar surface area (TPSA) is 64.4 Å². The molecule has 3 rings (SSSR count). The molecule has 2 heterocycles. The van der Waals surface area contributed by atoms with Gasteiger partial charge in [0.05, 0.1) is 18.0 Å². The van der Waals surface area contributed by atoms with Crippen molar-refractivity contribution < 1.29 is 14.6 Å². The molecule has 1 aromatic carbocycles. The summed E-state index contributed by atoms with van der Waals surface area (Å²) in [6.07, 6.45) is 0. The standard InChI is InChI=1S/C15H14N2O3S/c1-9-4-3-5-10(6-9)17-14-11(12(16-17)8-20-2)7-13(21-14)15(18)19/h3-7H,8H2,1-2H3,(H,18,19). The van der Waals surface area contributed by atoms with Crippen LogP contribution in [0.15, 0.2) is 30.3 Å². The summed E-state index contributed by atoms with van der Waals surface area (Å²) in [5, 5.41) is 14.6. The molecule has 2 aromatic heterocycles. The van der Waals surface area contributed by atoms with E-state index in [0.717, 1.165) is 27.2 Å². The van der Waals surface area contributed by atoms with E-state index in [1.807, 2.05) is 31.2 Å². The average Bonchev–Trinajstić information content (AvgIpc) is 3.00. The fourth-order valence-corrected chi connectivity index (χ4v) is 3.24. The van der Waals surface area contributed by atoms with Crippen molar-refractivity contribution in [3.8, 4) is 5.69 Å². The van der Waals surface area contributed by atoms with Crippen LogP contribution >= 0.6 is 11.3 Å². The SMILES string of the molecule is COCc1nn(-c2cccc(C)c2)c2sc(C(=O)O)cc12. The first-order chi connectivity index (χ1) is 10.1. The second-order valence-corrected chi connectivity index (χ2v) is 5.80. The number of rotatable bonds is 4. The molecule has 6 heteroatoms. The molecule has 3 aromatic rings. The zero-order valence-corrected chi connectivity index (χ0v) is 12.5. The number of hydrogen-bond donors (Lipinski definition) is 1. The maximum atomic E-state index is 11.2. The second-order valence-electron chi connectivity index (χ2n) is 4.77. The Hall–Kier alpha value is -2.18. The Morgan fingerprint density at radius 2 is 2.24 bits per heavy atom. The van der Waals surface area contributed by atoms with Crippen LogP contribution in [-0.4, -0.2) is 28.0 Å². The Morgan fingerprint density at radius 1 is 1.43 bits per heavy atom. The Balaban J connectivity index is 2.24. The van der Waals surface area contributed by atoms with E-state index < -0.39 is 5.97 Å². The van der Waals surface area contributed by atoms with Crippen molar-refractivity contribution in [2.24, 2.45) is 0 Å². The van der Waals surface area contributed by atoms with Gasteiger partial charge in [0.25, 0.3) is 0 Å². The largest absolute Gasteiger partial charge is 0.477 e. The number of aromatic nitrogens is 2. The molecule has 0 aliphatic rings. The highest BCUT2D eigenvalue weighted by Crippen LogP contribution is 2.31. The van der Waals surface area contributed by atoms with Crippen LogP contribution in [0, 0.1) is 6.92 Å². The summed E-state index contributed by atoms with van der Waals surface area (Å²) in [7, 11) is 1.60. The molecule has 1 N–H and O–H groups in total. The maximum Gasteiger partial charge on any atom is 0.345 e. The number of thiophene rings is 1. The molecule has 0 amide bonds. The molecule has 0 aliphatic heterocycles. The Kier molecular flexibility index (Phi) is 3.48. The van der Waals surface area contributed by atoms with Gasteiger partial charge >= 0.3 is 5.97 Å². The summed E-state index contributed by atoms with van der Waals surface area (Å²) < 4.78 is 6.95. The maximum absolute atomic E-state index is 11.2. The smallest absolute Gasteiger partial charge is 0.345 e. The van der Waals surface area contributed by atoms with E-state index in [4.69, 9.17) is 4.74 Å². The van der Waals surface area contributed by atoms with Crippen molar-refractivity contribution in [1.29, 1.82) is 0 Å². The van der Waals surface area contributed by atoms with Gasteiger partial charge in [0.2, 0.25) is 0 Å². The third-order valence-corrected chi connectivity index (χ3v) is 4.27. The van der Waals surface area contributed by atoms with Crippen molar-refractivity contribution in [3.63, 3.8) is 0 Å². The molecule has 0 atom stereocenters. The van der Waals surface area contributed by atoms with E-state index in [2.05, 4.69) is 5.10 Å². The van der Waals surface area contributed by atoms with Crippen molar-refractivity contribution in [2.75, 3.05) is 7.11 Å². The third-order valence-electron chi connectivity index (χ3n) is 3.17. The van der Waals surface area contributed by atoms with Gasteiger partial charge in [-0.3, -0.25) is 0 Å². The minimum absolute atomic E-state index is 0.307. The van der Waals surface area contributed by atoms with E-state index in [-0.39, 0.29) is 0 Å². The fraction of sp³-hybridized carbons (Fsp3) is 0.200. The highest BCUT2D eigenvalue weighted by molar-refractivity contribution is 7.20. The van der Waals surface area contributed by atoms with E-state index in [1.165, 1.54) is 11.3 Å². The number of methoxy groups -OCH3 is 1. The molecular formula is C15H14N2O3S. The van der Waals surface area contributed by atoms with Crippen LogP contribution in [0.3, 0.4) is 0 Å². The van der Waals surface area contributed by atoms with Gasteiger partial charge in [-0.1, -0.05) is 12.1 Å². The highest BCUT2D eigenvalue weighted by atomic mass is 32.1. The normalized spacial score (nSPS) is 11.1. The minimum Gasteiger partial charge on any atom is -0.477 e. The van der Waals surface area contributed by atoms with Crippen LogP contribution in [0.2, 0.25) is 0 Å². The molecule has 5 nitrogen and oxygen atoms in total. The van der Waals surface area contributed by atoms with Crippen LogP contribution in [0.4, 0.5) is 0 Å². The van der Waals surface area contributed by atoms with E-state index in [1.54, 1.807) is 17.9 Å². The summed E-state index contributed by atoms with van der Waals surface area (Å²) in [6, 6.07) is 9.60. The van der Waals surface area contributed by atoms with Gasteiger partial charge in [-0.15, -0.1) is 11.3 Å². The van der Waals surface area contributed by atoms with Gasteiger partial charge < -0.3 is 9.84 Å². The quantitative estimate of drug-likeness (QED) is 0.803. The average molecular weight is 302 g/mol. The lowest BCUT2D eigenvalue weighted by Crippen LogP contribution is -1.98. The molecule has 0 saturated heterocycles. The molecule has 0 bridgehead atoms. The van der Waals surface area contributed by atoms with Crippen molar-refractivity contribution in [3.05, 3.63) is 46.5 Å². The van der Waals surface area contributed by atoms with Gasteiger partial charge in [0.1, 0.15) is 9.71 Å². The summed E-state index contributed by atoms with van der Waals surface area (Å²) in [6.45, 7) is 2.36. The highest BCUT2D eigenvalue weighted by Gasteiger charge is 2.18. The molecule has 0 fully saturated rings. The summed E-state index contributed by atoms with van der Waals surface area (Å²) >= 11 is 1.22. The van der Waals surface area contributed by atoms with Gasteiger partial charge in [-0.2, -0.15) is 5.10 Å². The molecule has 0 radical (unpaired) electrons. The first-order valence-electron chi connectivity index (χ1n) is 6.41. The monoisotopic (exact) mass is 302 g/mol. The number of carboxylic acids is 1. The number of carbonyl (C=O) groups is 1. The number of ether oxygens (including phenoxy) is 1. The summed E-state index contributed by atoms with van der Waals surface area (Å²) in [4.78, 5) is 12.3. The number of fused-ring (bicyclic) bond motifs is 1. The molecule has 108 valence electrons. The molecule has 0 saturated carbocycles. The lowest BCUT2D eigenvalue weighted by atomic mass is 10.2. The summed E-state index contributed by atoms with van der Waals surface area (Å²) in [5.74, 6) is -0.921. The Labute approximate surface area is 125 Å². The van der Waals surface area contributed by atoms with E-state index >= 15 is 0 Å². The third kappa shape index (κ3) is 2.43. The number of benzene rings is 1. The molecule has 0 unspecified atom stereocenters. The fourth-order valence-electron chi connectivity index (χ4n) is 2.25. The first kappa shape index (κ1) is 13.8. The first-order valence-corrected chi connectivity index (χ1v) is 7.22. The Morgan fingerprint density at radius 3 is 2.90 bits per heavy atom. The zero-order chi connectivity index (χ0) is 15.0. The van der Waals surface area contributed by atoms with Crippen molar-refractivity contribution >= 4 is 27.5 Å². The Bertz CT molecular complexity index is 820. The van der Waals surface area contributed by atoms with Crippen LogP contribution in [0.25, 0.3) is 15.9 Å². The molecule has 0 aliphatic carbocycles. The lowest BCUT2D eigenvalue weighted by Gasteiger charge is -2.03. The molecular weight excluding hydrogens is 288 g/mol. The molecule has 21 heavy (non-hydrogen) atoms. The van der Waals surface area contributed by atoms with E-state index in [9.17, 15) is 9.90 Å². The van der Waals surface area contributed by atoms with Crippen molar-refractivity contribution in [1.82, 2.24) is 9.78 Å². The van der Waals surface area contributed by atoms with Crippen LogP contribution in [0.1, 0.15) is 20.9 Å². The van der Waals surface area contributed by atoms with Crippen LogP contribution in [-0.2, 0) is 11.3 Å². The van der Waals surface area contributed by atoms with Gasteiger partial charge in [-0.05, 0) is 30.7 Å². The predicted molar refractivity (Wildman–Crippen MR) is 81.4 cm³/mol. The van der Waals surface area contributed by atoms with Gasteiger partial charge in [-0.25, -0.2) is 9.48 Å². The van der Waals surface area contributed by atoms with Crippen LogP contribution in [0.5, 0.6) is 0 Å². The number of carboxylic acid groups (broad SMARTS) is 1. The number of nitrogens with zero attached hydrogens (tertiary/aromatic N) is 2. The number of aryl methyl sites for hydroxylation is 1. The minimum atomic E-state index is -0.921. The van der Waals surface area contributed by atoms with E-state index in [0.29, 0.717) is 11.5 Å². The second kappa shape index (κ2) is 5.31. The van der Waals surface area contributed by atoms with Crippen molar-refractivity contribution in [2.45, 2.75) is 13.5 Å². The lowest BCUT2D eigenvalue weighted by molar-refractivity contribution is 0.0702. The zero-order valence-electron chi connectivity index (χ0n) is 11.7. The number of aromatic carboxylic acids is 1. The predicted octanol–water partition coefficient (Wildman–Crippen LogP) is 3.24. The van der Waals surface area contributed by atoms with Crippen LogP contribution < -0.4 is 0 Å².